The second kappa shape index (κ2) is 9.12. The Hall–Kier alpha value is -2.51. The molecule has 1 aliphatic carbocycles. The lowest BCUT2D eigenvalue weighted by Crippen LogP contribution is -2.34. The molecule has 1 aromatic heterocycles. The van der Waals surface area contributed by atoms with Gasteiger partial charge < -0.3 is 5.11 Å². The first kappa shape index (κ1) is 20.2. The highest BCUT2D eigenvalue weighted by molar-refractivity contribution is 7.89. The van der Waals surface area contributed by atoms with Gasteiger partial charge in [-0.15, -0.1) is 0 Å². The van der Waals surface area contributed by atoms with Gasteiger partial charge in [0.25, 0.3) is 0 Å². The van der Waals surface area contributed by atoms with Crippen LogP contribution in [0.5, 0.6) is 0 Å². The van der Waals surface area contributed by atoms with Crippen molar-refractivity contribution >= 4 is 26.9 Å². The van der Waals surface area contributed by atoms with E-state index in [2.05, 4.69) is 15.8 Å². The molecule has 148 valence electrons. The lowest BCUT2D eigenvalue weighted by atomic mass is 10.1. The average molecular weight is 401 g/mol. The van der Waals surface area contributed by atoms with Crippen LogP contribution < -0.4 is 4.72 Å². The number of aromatic nitrogens is 1. The van der Waals surface area contributed by atoms with Crippen LogP contribution in [0.15, 0.2) is 65.2 Å². The quantitative estimate of drug-likeness (QED) is 0.493. The summed E-state index contributed by atoms with van der Waals surface area (Å²) in [6, 6.07) is 8.55. The number of allylic oxidation sites excluding steroid dienone is 3. The standard InChI is InChI=1S/C21H24N2O4S/c24-20(25)14-4-2-1-3-8-16-9-5-12-18(16)23-28(26,27)19-13-6-10-17-11-7-15-22-21(17)19/h1,3,6-7,9-11,13,15,18,23H,2,4-5,8,12,14H2,(H,24,25)/b3-1-/t18-/m0/s1. The molecule has 2 N–H and O–H groups in total. The van der Waals surface area contributed by atoms with E-state index in [1.807, 2.05) is 24.3 Å². The first-order chi connectivity index (χ1) is 13.5. The maximum absolute atomic E-state index is 13.0. The summed E-state index contributed by atoms with van der Waals surface area (Å²) in [5, 5.41) is 9.43. The number of rotatable bonds is 9. The number of carboxylic acid groups (broad SMARTS) is 1. The Morgan fingerprint density at radius 1 is 1.25 bits per heavy atom. The molecular formula is C21H24N2O4S. The molecule has 1 heterocycles. The minimum absolute atomic E-state index is 0.161. The van der Waals surface area contributed by atoms with Crippen molar-refractivity contribution in [3.8, 4) is 0 Å². The molecule has 28 heavy (non-hydrogen) atoms. The van der Waals surface area contributed by atoms with Crippen molar-refractivity contribution in [1.29, 1.82) is 0 Å². The van der Waals surface area contributed by atoms with Gasteiger partial charge in [0.15, 0.2) is 0 Å². The number of sulfonamides is 1. The molecule has 1 aromatic carbocycles. The molecule has 0 bridgehead atoms. The summed E-state index contributed by atoms with van der Waals surface area (Å²) in [7, 11) is -3.69. The molecule has 7 heteroatoms. The number of fused-ring (bicyclic) bond motifs is 1. The molecule has 1 atom stereocenters. The zero-order chi connectivity index (χ0) is 20.0. The Morgan fingerprint density at radius 3 is 2.89 bits per heavy atom. The number of hydrogen-bond acceptors (Lipinski definition) is 4. The molecule has 0 spiro atoms. The van der Waals surface area contributed by atoms with E-state index in [9.17, 15) is 13.2 Å². The molecule has 0 saturated heterocycles. The predicted molar refractivity (Wildman–Crippen MR) is 108 cm³/mol. The van der Waals surface area contributed by atoms with Crippen molar-refractivity contribution in [2.75, 3.05) is 0 Å². The monoisotopic (exact) mass is 400 g/mol. The molecule has 0 fully saturated rings. The predicted octanol–water partition coefficient (Wildman–Crippen LogP) is 3.80. The molecule has 6 nitrogen and oxygen atoms in total. The van der Waals surface area contributed by atoms with Crippen molar-refractivity contribution in [3.05, 3.63) is 60.3 Å². The summed E-state index contributed by atoms with van der Waals surface area (Å²) < 4.78 is 28.8. The number of carbonyl (C=O) groups is 1. The SMILES string of the molecule is O=C(O)CCC/C=C\CC1=CCC[C@@H]1NS(=O)(=O)c1cccc2cccnc12. The molecule has 2 aromatic rings. The molecule has 0 amide bonds. The van der Waals surface area contributed by atoms with Crippen LogP contribution in [0.3, 0.4) is 0 Å². The van der Waals surface area contributed by atoms with Gasteiger partial charge in [-0.1, -0.05) is 42.0 Å². The maximum atomic E-state index is 13.0. The minimum Gasteiger partial charge on any atom is -0.481 e. The maximum Gasteiger partial charge on any atom is 0.303 e. The zero-order valence-corrected chi connectivity index (χ0v) is 16.4. The summed E-state index contributed by atoms with van der Waals surface area (Å²) in [5.74, 6) is -0.788. The van der Waals surface area contributed by atoms with Gasteiger partial charge in [0.2, 0.25) is 10.0 Å². The molecular weight excluding hydrogens is 376 g/mol. The molecule has 0 saturated carbocycles. The van der Waals surface area contributed by atoms with E-state index in [-0.39, 0.29) is 17.4 Å². The zero-order valence-electron chi connectivity index (χ0n) is 15.5. The van der Waals surface area contributed by atoms with E-state index in [1.54, 1.807) is 24.4 Å². The van der Waals surface area contributed by atoms with Gasteiger partial charge in [-0.2, -0.15) is 0 Å². The third-order valence-corrected chi connectivity index (χ3v) is 6.28. The summed E-state index contributed by atoms with van der Waals surface area (Å²) >= 11 is 0. The van der Waals surface area contributed by atoms with Gasteiger partial charge >= 0.3 is 5.97 Å². The smallest absolute Gasteiger partial charge is 0.303 e. The van der Waals surface area contributed by atoms with Crippen LogP contribution in [0.2, 0.25) is 0 Å². The highest BCUT2D eigenvalue weighted by Gasteiger charge is 2.26. The second-order valence-corrected chi connectivity index (χ2v) is 8.51. The second-order valence-electron chi connectivity index (χ2n) is 6.82. The third kappa shape index (κ3) is 5.05. The van der Waals surface area contributed by atoms with E-state index >= 15 is 0 Å². The number of nitrogens with zero attached hydrogens (tertiary/aromatic N) is 1. The number of aliphatic carboxylic acids is 1. The van der Waals surface area contributed by atoms with Crippen LogP contribution in [-0.2, 0) is 14.8 Å². The third-order valence-electron chi connectivity index (χ3n) is 4.77. The number of unbranched alkanes of at least 4 members (excludes halogenated alkanes) is 1. The Morgan fingerprint density at radius 2 is 2.07 bits per heavy atom. The van der Waals surface area contributed by atoms with Crippen LogP contribution in [0.1, 0.15) is 38.5 Å². The van der Waals surface area contributed by atoms with Crippen LogP contribution in [0.4, 0.5) is 0 Å². The fraction of sp³-hybridized carbons (Fsp3) is 0.333. The first-order valence-electron chi connectivity index (χ1n) is 9.39. The van der Waals surface area contributed by atoms with Crippen molar-refractivity contribution in [2.45, 2.75) is 49.5 Å². The Labute approximate surface area is 165 Å². The Balaban J connectivity index is 1.66. The van der Waals surface area contributed by atoms with E-state index in [4.69, 9.17) is 5.11 Å². The number of hydrogen-bond donors (Lipinski definition) is 2. The van der Waals surface area contributed by atoms with Crippen LogP contribution in [0, 0.1) is 0 Å². The van der Waals surface area contributed by atoms with Crippen LogP contribution in [0.25, 0.3) is 10.9 Å². The number of para-hydroxylation sites is 1. The highest BCUT2D eigenvalue weighted by atomic mass is 32.2. The number of carboxylic acids is 1. The van der Waals surface area contributed by atoms with Crippen molar-refractivity contribution in [1.82, 2.24) is 9.71 Å². The Kier molecular flexibility index (Phi) is 6.59. The fourth-order valence-corrected chi connectivity index (χ4v) is 4.83. The molecule has 0 unspecified atom stereocenters. The van der Waals surface area contributed by atoms with E-state index in [0.717, 1.165) is 23.8 Å². The van der Waals surface area contributed by atoms with Gasteiger partial charge in [-0.25, -0.2) is 13.1 Å². The molecule has 0 radical (unpaired) electrons. The summed E-state index contributed by atoms with van der Waals surface area (Å²) in [4.78, 5) is 15.0. The minimum atomic E-state index is -3.69. The Bertz CT molecular complexity index is 1010. The summed E-state index contributed by atoms with van der Waals surface area (Å²) in [6.07, 6.45) is 11.3. The van der Waals surface area contributed by atoms with Gasteiger partial charge in [0.1, 0.15) is 4.90 Å². The van der Waals surface area contributed by atoms with Gasteiger partial charge in [0.05, 0.1) is 5.52 Å². The van der Waals surface area contributed by atoms with E-state index in [0.29, 0.717) is 24.8 Å². The lowest BCUT2D eigenvalue weighted by Gasteiger charge is -2.17. The normalized spacial score (nSPS) is 17.3. The van der Waals surface area contributed by atoms with Crippen LogP contribution in [-0.4, -0.2) is 30.5 Å². The van der Waals surface area contributed by atoms with Crippen molar-refractivity contribution in [3.63, 3.8) is 0 Å². The largest absolute Gasteiger partial charge is 0.481 e. The van der Waals surface area contributed by atoms with E-state index < -0.39 is 16.0 Å². The molecule has 1 aliphatic rings. The average Bonchev–Trinajstić information content (AvgIpc) is 3.10. The first-order valence-corrected chi connectivity index (χ1v) is 10.9. The fourth-order valence-electron chi connectivity index (χ4n) is 3.38. The van der Waals surface area contributed by atoms with Crippen LogP contribution >= 0.6 is 0 Å². The number of nitrogens with one attached hydrogen (secondary N) is 1. The summed E-state index contributed by atoms with van der Waals surface area (Å²) in [5.41, 5.74) is 1.52. The van der Waals surface area contributed by atoms with Gasteiger partial charge in [-0.05, 0) is 44.2 Å². The number of pyridine rings is 1. The van der Waals surface area contributed by atoms with Gasteiger partial charge in [-0.3, -0.25) is 9.78 Å². The van der Waals surface area contributed by atoms with Gasteiger partial charge in [0, 0.05) is 24.0 Å². The molecule has 3 rings (SSSR count). The topological polar surface area (TPSA) is 96.4 Å². The van der Waals surface area contributed by atoms with Crippen molar-refractivity contribution < 1.29 is 18.3 Å². The summed E-state index contributed by atoms with van der Waals surface area (Å²) in [6.45, 7) is 0. The van der Waals surface area contributed by atoms with E-state index in [1.165, 1.54) is 0 Å². The molecule has 0 aliphatic heterocycles. The van der Waals surface area contributed by atoms with Crippen molar-refractivity contribution in [2.24, 2.45) is 0 Å². The lowest BCUT2D eigenvalue weighted by molar-refractivity contribution is -0.137. The number of benzene rings is 1. The highest BCUT2D eigenvalue weighted by Crippen LogP contribution is 2.26.